The molecule has 110 valence electrons. The van der Waals surface area contributed by atoms with Crippen LogP contribution < -0.4 is 14.8 Å². The van der Waals surface area contributed by atoms with E-state index in [0.29, 0.717) is 32.6 Å². The Balaban J connectivity index is 1.49. The third-order valence-corrected chi connectivity index (χ3v) is 3.27. The fourth-order valence-electron chi connectivity index (χ4n) is 2.18. The molecule has 0 atom stereocenters. The van der Waals surface area contributed by atoms with E-state index in [2.05, 4.69) is 5.32 Å². The number of aryl methyl sites for hydroxylation is 1. The molecule has 1 N–H and O–H groups in total. The Morgan fingerprint density at radius 1 is 1.14 bits per heavy atom. The van der Waals surface area contributed by atoms with E-state index < -0.39 is 0 Å². The first-order valence-corrected chi connectivity index (χ1v) is 6.99. The monoisotopic (exact) mass is 287 g/mol. The Hall–Kier alpha value is -2.43. The maximum absolute atomic E-state index is 11.8. The molecule has 2 heterocycles. The molecule has 0 bridgehead atoms. The van der Waals surface area contributed by atoms with Crippen molar-refractivity contribution in [1.82, 2.24) is 5.32 Å². The number of amides is 1. The van der Waals surface area contributed by atoms with E-state index in [9.17, 15) is 4.79 Å². The first-order chi connectivity index (χ1) is 10.3. The van der Waals surface area contributed by atoms with Crippen LogP contribution in [-0.2, 0) is 17.8 Å². The number of hydrogen-bond donors (Lipinski definition) is 1. The minimum absolute atomic E-state index is 0.00119. The van der Waals surface area contributed by atoms with Crippen molar-refractivity contribution in [1.29, 1.82) is 0 Å². The van der Waals surface area contributed by atoms with Crippen molar-refractivity contribution < 1.29 is 18.7 Å². The van der Waals surface area contributed by atoms with Crippen molar-refractivity contribution >= 4 is 5.91 Å². The first-order valence-electron chi connectivity index (χ1n) is 6.99. The Labute approximate surface area is 122 Å². The molecule has 2 aromatic rings. The summed E-state index contributed by atoms with van der Waals surface area (Å²) >= 11 is 0. The van der Waals surface area contributed by atoms with Gasteiger partial charge in [0.15, 0.2) is 11.5 Å². The number of rotatable bonds is 5. The smallest absolute Gasteiger partial charge is 0.220 e. The molecule has 1 aromatic heterocycles. The van der Waals surface area contributed by atoms with Crippen LogP contribution in [0.1, 0.15) is 17.7 Å². The summed E-state index contributed by atoms with van der Waals surface area (Å²) in [5.74, 6) is 2.32. The molecule has 0 radical (unpaired) electrons. The molecule has 5 nitrogen and oxygen atoms in total. The summed E-state index contributed by atoms with van der Waals surface area (Å²) in [6.45, 7) is 1.62. The number of carbonyl (C=O) groups is 1. The number of fused-ring (bicyclic) bond motifs is 1. The summed E-state index contributed by atoms with van der Waals surface area (Å²) in [4.78, 5) is 11.8. The van der Waals surface area contributed by atoms with Crippen molar-refractivity contribution in [2.75, 3.05) is 13.2 Å². The van der Waals surface area contributed by atoms with Crippen molar-refractivity contribution in [2.24, 2.45) is 0 Å². The minimum Gasteiger partial charge on any atom is -0.486 e. The van der Waals surface area contributed by atoms with Gasteiger partial charge in [0.05, 0.1) is 6.26 Å². The van der Waals surface area contributed by atoms with Gasteiger partial charge in [-0.3, -0.25) is 4.79 Å². The third kappa shape index (κ3) is 3.56. The maximum atomic E-state index is 11.8. The number of nitrogens with one attached hydrogen (secondary N) is 1. The summed E-state index contributed by atoms with van der Waals surface area (Å²) in [5.41, 5.74) is 0.991. The highest BCUT2D eigenvalue weighted by Gasteiger charge is 2.12. The highest BCUT2D eigenvalue weighted by Crippen LogP contribution is 2.30. The average molecular weight is 287 g/mol. The standard InChI is InChI=1S/C16H17NO4/c18-16(6-4-13-2-1-7-19-13)17-11-12-3-5-14-15(10-12)21-9-8-20-14/h1-3,5,7,10H,4,6,8-9,11H2,(H,17,18). The molecular weight excluding hydrogens is 270 g/mol. The van der Waals surface area contributed by atoms with Gasteiger partial charge in [-0.25, -0.2) is 0 Å². The molecule has 0 saturated heterocycles. The topological polar surface area (TPSA) is 60.7 Å². The number of hydrogen-bond acceptors (Lipinski definition) is 4. The molecule has 1 amide bonds. The van der Waals surface area contributed by atoms with Gasteiger partial charge in [0.2, 0.25) is 5.91 Å². The maximum Gasteiger partial charge on any atom is 0.220 e. The van der Waals surface area contributed by atoms with Crippen molar-refractivity contribution in [2.45, 2.75) is 19.4 Å². The van der Waals surface area contributed by atoms with Crippen LogP contribution in [0.25, 0.3) is 0 Å². The summed E-state index contributed by atoms with van der Waals surface area (Å²) in [5, 5.41) is 2.89. The van der Waals surface area contributed by atoms with Crippen LogP contribution in [0.4, 0.5) is 0 Å². The Morgan fingerprint density at radius 3 is 2.81 bits per heavy atom. The molecule has 5 heteroatoms. The lowest BCUT2D eigenvalue weighted by molar-refractivity contribution is -0.121. The van der Waals surface area contributed by atoms with E-state index in [0.717, 1.165) is 22.8 Å². The molecule has 0 fully saturated rings. The zero-order valence-electron chi connectivity index (χ0n) is 11.6. The SMILES string of the molecule is O=C(CCc1ccco1)NCc1ccc2c(c1)OCCO2. The Morgan fingerprint density at radius 2 is 2.00 bits per heavy atom. The summed E-state index contributed by atoms with van der Waals surface area (Å²) in [6, 6.07) is 9.40. The Kier molecular flexibility index (Phi) is 4.09. The van der Waals surface area contributed by atoms with Gasteiger partial charge in [0, 0.05) is 19.4 Å². The molecule has 0 spiro atoms. The molecule has 21 heavy (non-hydrogen) atoms. The van der Waals surface area contributed by atoms with Gasteiger partial charge in [-0.1, -0.05) is 6.07 Å². The number of ether oxygens (including phenoxy) is 2. The lowest BCUT2D eigenvalue weighted by Crippen LogP contribution is -2.23. The van der Waals surface area contributed by atoms with Gasteiger partial charge in [-0.2, -0.15) is 0 Å². The van der Waals surface area contributed by atoms with Crippen LogP contribution >= 0.6 is 0 Å². The third-order valence-electron chi connectivity index (χ3n) is 3.27. The molecule has 0 unspecified atom stereocenters. The van der Waals surface area contributed by atoms with E-state index in [1.165, 1.54) is 0 Å². The average Bonchev–Trinajstić information content (AvgIpc) is 3.04. The zero-order chi connectivity index (χ0) is 14.5. The van der Waals surface area contributed by atoms with Crippen LogP contribution in [0, 0.1) is 0 Å². The summed E-state index contributed by atoms with van der Waals surface area (Å²) in [7, 11) is 0. The van der Waals surface area contributed by atoms with Gasteiger partial charge in [-0.05, 0) is 29.8 Å². The highest BCUT2D eigenvalue weighted by atomic mass is 16.6. The molecular formula is C16H17NO4. The lowest BCUT2D eigenvalue weighted by Gasteiger charge is -2.18. The van der Waals surface area contributed by atoms with Gasteiger partial charge in [0.1, 0.15) is 19.0 Å². The molecule has 1 aromatic carbocycles. The summed E-state index contributed by atoms with van der Waals surface area (Å²) < 4.78 is 16.2. The van der Waals surface area contributed by atoms with Gasteiger partial charge < -0.3 is 19.2 Å². The molecule has 0 aliphatic carbocycles. The highest BCUT2D eigenvalue weighted by molar-refractivity contribution is 5.76. The second kappa shape index (κ2) is 6.35. The molecule has 1 aliphatic heterocycles. The normalized spacial score (nSPS) is 13.0. The van der Waals surface area contributed by atoms with E-state index in [1.54, 1.807) is 6.26 Å². The fourth-order valence-corrected chi connectivity index (χ4v) is 2.18. The van der Waals surface area contributed by atoms with Crippen LogP contribution in [0.15, 0.2) is 41.0 Å². The molecule has 1 aliphatic rings. The molecule has 3 rings (SSSR count). The second-order valence-corrected chi connectivity index (χ2v) is 4.83. The first kappa shape index (κ1) is 13.5. The zero-order valence-corrected chi connectivity index (χ0v) is 11.6. The van der Waals surface area contributed by atoms with Crippen LogP contribution in [0.5, 0.6) is 11.5 Å². The van der Waals surface area contributed by atoms with E-state index >= 15 is 0 Å². The number of benzene rings is 1. The quantitative estimate of drug-likeness (QED) is 0.916. The molecule has 0 saturated carbocycles. The predicted molar refractivity (Wildman–Crippen MR) is 76.3 cm³/mol. The van der Waals surface area contributed by atoms with Crippen LogP contribution in [0.2, 0.25) is 0 Å². The summed E-state index contributed by atoms with van der Waals surface area (Å²) in [6.07, 6.45) is 2.64. The van der Waals surface area contributed by atoms with Gasteiger partial charge in [0.25, 0.3) is 0 Å². The van der Waals surface area contributed by atoms with E-state index in [1.807, 2.05) is 30.3 Å². The largest absolute Gasteiger partial charge is 0.486 e. The number of furan rings is 1. The van der Waals surface area contributed by atoms with Crippen LogP contribution in [0.3, 0.4) is 0 Å². The van der Waals surface area contributed by atoms with E-state index in [-0.39, 0.29) is 5.91 Å². The van der Waals surface area contributed by atoms with Crippen molar-refractivity contribution in [3.05, 3.63) is 47.9 Å². The van der Waals surface area contributed by atoms with Gasteiger partial charge >= 0.3 is 0 Å². The van der Waals surface area contributed by atoms with Crippen molar-refractivity contribution in [3.8, 4) is 11.5 Å². The predicted octanol–water partition coefficient (Wildman–Crippen LogP) is 2.30. The fraction of sp³-hybridized carbons (Fsp3) is 0.312. The Bertz CT molecular complexity index is 607. The van der Waals surface area contributed by atoms with Gasteiger partial charge in [-0.15, -0.1) is 0 Å². The second-order valence-electron chi connectivity index (χ2n) is 4.83. The minimum atomic E-state index is 0.00119. The van der Waals surface area contributed by atoms with E-state index in [4.69, 9.17) is 13.9 Å². The van der Waals surface area contributed by atoms with Crippen LogP contribution in [-0.4, -0.2) is 19.1 Å². The number of carbonyl (C=O) groups excluding carboxylic acids is 1. The van der Waals surface area contributed by atoms with Crippen molar-refractivity contribution in [3.63, 3.8) is 0 Å². The lowest BCUT2D eigenvalue weighted by atomic mass is 10.2.